The molecular formula is C31H31BrN4O7. The van der Waals surface area contributed by atoms with Crippen molar-refractivity contribution in [3.8, 4) is 17.2 Å². The van der Waals surface area contributed by atoms with Gasteiger partial charge in [0, 0.05) is 10.2 Å². The molecular weight excluding hydrogens is 620 g/mol. The van der Waals surface area contributed by atoms with Gasteiger partial charge in [-0.25, -0.2) is 15.0 Å². The summed E-state index contributed by atoms with van der Waals surface area (Å²) in [5.41, 5.74) is 5.49. The van der Waals surface area contributed by atoms with Crippen molar-refractivity contribution < 1.29 is 33.3 Å². The van der Waals surface area contributed by atoms with Crippen LogP contribution in [0.15, 0.2) is 87.6 Å². The Morgan fingerprint density at radius 3 is 2.47 bits per heavy atom. The number of hydrogen-bond acceptors (Lipinski definition) is 8. The first kappa shape index (κ1) is 31.1. The van der Waals surface area contributed by atoms with Gasteiger partial charge in [-0.2, -0.15) is 5.10 Å². The zero-order valence-electron chi connectivity index (χ0n) is 23.8. The van der Waals surface area contributed by atoms with Gasteiger partial charge in [-0.3, -0.25) is 4.79 Å². The maximum absolute atomic E-state index is 12.6. The van der Waals surface area contributed by atoms with Gasteiger partial charge in [0.2, 0.25) is 0 Å². The molecule has 12 heteroatoms. The lowest BCUT2D eigenvalue weighted by Crippen LogP contribution is -2.45. The van der Waals surface area contributed by atoms with Crippen LogP contribution in [0, 0.1) is 0 Å². The maximum Gasteiger partial charge on any atom is 0.338 e. The van der Waals surface area contributed by atoms with E-state index in [0.29, 0.717) is 35.1 Å². The van der Waals surface area contributed by atoms with Gasteiger partial charge < -0.3 is 29.6 Å². The van der Waals surface area contributed by atoms with E-state index in [2.05, 4.69) is 37.1 Å². The van der Waals surface area contributed by atoms with Crippen LogP contribution >= 0.6 is 15.9 Å². The number of ether oxygens (including phenoxy) is 4. The van der Waals surface area contributed by atoms with Gasteiger partial charge in [0.25, 0.3) is 5.91 Å². The molecule has 4 rings (SSSR count). The average molecular weight is 652 g/mol. The average Bonchev–Trinajstić information content (AvgIpc) is 3.00. The molecule has 0 bridgehead atoms. The van der Waals surface area contributed by atoms with E-state index < -0.39 is 23.9 Å². The Hall–Kier alpha value is -4.84. The molecule has 0 saturated heterocycles. The quantitative estimate of drug-likeness (QED) is 0.146. The van der Waals surface area contributed by atoms with Crippen LogP contribution in [0.3, 0.4) is 0 Å². The molecule has 0 aromatic heterocycles. The summed E-state index contributed by atoms with van der Waals surface area (Å²) in [5.74, 6) is 0.288. The number of methoxy groups -OCH3 is 1. The van der Waals surface area contributed by atoms with Crippen LogP contribution in [0.2, 0.25) is 0 Å². The Labute approximate surface area is 257 Å². The SMILES string of the molecule is CCOC(=O)C1=C(C)NC(=O)N[C@H]1c1ccc(OCC(=O)N/N=C\c2ccc(OCc3ccc(Br)cc3)cc2)c(OC)c1. The molecule has 0 saturated carbocycles. The fourth-order valence-electron chi connectivity index (χ4n) is 4.16. The van der Waals surface area contributed by atoms with Gasteiger partial charge in [0.05, 0.1) is 31.5 Å². The summed E-state index contributed by atoms with van der Waals surface area (Å²) >= 11 is 3.41. The van der Waals surface area contributed by atoms with E-state index in [1.54, 1.807) is 32.0 Å². The van der Waals surface area contributed by atoms with E-state index in [1.807, 2.05) is 48.5 Å². The fraction of sp³-hybridized carbons (Fsp3) is 0.226. The van der Waals surface area contributed by atoms with Gasteiger partial charge >= 0.3 is 12.0 Å². The minimum Gasteiger partial charge on any atom is -0.493 e. The van der Waals surface area contributed by atoms with Gasteiger partial charge in [-0.1, -0.05) is 34.1 Å². The number of benzene rings is 3. The van der Waals surface area contributed by atoms with Crippen molar-refractivity contribution in [2.75, 3.05) is 20.3 Å². The normalized spacial score (nSPS) is 14.5. The molecule has 1 atom stereocenters. The topological polar surface area (TPSA) is 137 Å². The third-order valence-corrected chi connectivity index (χ3v) is 6.77. The van der Waals surface area contributed by atoms with Crippen molar-refractivity contribution >= 4 is 40.1 Å². The fourth-order valence-corrected chi connectivity index (χ4v) is 4.42. The Kier molecular flexibility index (Phi) is 10.8. The summed E-state index contributed by atoms with van der Waals surface area (Å²) in [6.07, 6.45) is 1.51. The third-order valence-electron chi connectivity index (χ3n) is 6.25. The highest BCUT2D eigenvalue weighted by Crippen LogP contribution is 2.34. The maximum atomic E-state index is 12.6. The molecule has 3 N–H and O–H groups in total. The Morgan fingerprint density at radius 1 is 1.02 bits per heavy atom. The molecule has 3 aromatic rings. The van der Waals surface area contributed by atoms with Crippen LogP contribution in [0.1, 0.15) is 36.6 Å². The molecule has 1 aliphatic heterocycles. The Bertz CT molecular complexity index is 1520. The second kappa shape index (κ2) is 14.9. The summed E-state index contributed by atoms with van der Waals surface area (Å²) in [5, 5.41) is 9.31. The molecule has 0 fully saturated rings. The van der Waals surface area contributed by atoms with Crippen LogP contribution < -0.4 is 30.3 Å². The van der Waals surface area contributed by atoms with E-state index in [1.165, 1.54) is 13.3 Å². The predicted octanol–water partition coefficient (Wildman–Crippen LogP) is 4.76. The van der Waals surface area contributed by atoms with Crippen LogP contribution in [0.4, 0.5) is 4.79 Å². The summed E-state index contributed by atoms with van der Waals surface area (Å²) < 4.78 is 23.1. The first-order valence-corrected chi connectivity index (χ1v) is 14.1. The van der Waals surface area contributed by atoms with Gasteiger partial charge in [-0.15, -0.1) is 0 Å². The first-order valence-electron chi connectivity index (χ1n) is 13.3. The lowest BCUT2D eigenvalue weighted by molar-refractivity contribution is -0.139. The number of rotatable bonds is 12. The van der Waals surface area contributed by atoms with Crippen LogP contribution in [-0.4, -0.2) is 44.4 Å². The number of esters is 1. The third kappa shape index (κ3) is 8.58. The van der Waals surface area contributed by atoms with E-state index in [0.717, 1.165) is 15.6 Å². The number of nitrogens with one attached hydrogen (secondary N) is 3. The Balaban J connectivity index is 1.31. The number of hydrazone groups is 1. The van der Waals surface area contributed by atoms with Crippen molar-refractivity contribution in [2.45, 2.75) is 26.5 Å². The van der Waals surface area contributed by atoms with Crippen LogP contribution in [-0.2, 0) is 20.9 Å². The van der Waals surface area contributed by atoms with Crippen molar-refractivity contribution in [3.05, 3.63) is 99.2 Å². The molecule has 11 nitrogen and oxygen atoms in total. The number of halogens is 1. The largest absolute Gasteiger partial charge is 0.493 e. The molecule has 3 aromatic carbocycles. The van der Waals surface area contributed by atoms with Crippen LogP contribution in [0.5, 0.6) is 17.2 Å². The number of allylic oxidation sites excluding steroid dienone is 1. The highest BCUT2D eigenvalue weighted by atomic mass is 79.9. The molecule has 1 heterocycles. The zero-order valence-corrected chi connectivity index (χ0v) is 25.4. The number of nitrogens with zero attached hydrogens (tertiary/aromatic N) is 1. The Morgan fingerprint density at radius 2 is 1.77 bits per heavy atom. The molecule has 1 aliphatic rings. The summed E-state index contributed by atoms with van der Waals surface area (Å²) in [4.78, 5) is 37.1. The lowest BCUT2D eigenvalue weighted by atomic mass is 9.95. The van der Waals surface area contributed by atoms with Gasteiger partial charge in [-0.05, 0) is 79.1 Å². The second-order valence-electron chi connectivity index (χ2n) is 9.27. The number of hydrogen-bond donors (Lipinski definition) is 3. The molecule has 0 unspecified atom stereocenters. The van der Waals surface area contributed by atoms with Crippen molar-refractivity contribution in [2.24, 2.45) is 5.10 Å². The van der Waals surface area contributed by atoms with E-state index in [9.17, 15) is 14.4 Å². The minimum atomic E-state index is -0.763. The second-order valence-corrected chi connectivity index (χ2v) is 10.2. The summed E-state index contributed by atoms with van der Waals surface area (Å²) in [6, 6.07) is 18.9. The highest BCUT2D eigenvalue weighted by molar-refractivity contribution is 9.10. The van der Waals surface area contributed by atoms with Crippen molar-refractivity contribution in [1.29, 1.82) is 0 Å². The number of amides is 3. The number of carbonyl (C=O) groups is 3. The zero-order chi connectivity index (χ0) is 30.8. The van der Waals surface area contributed by atoms with E-state index in [4.69, 9.17) is 18.9 Å². The molecule has 0 radical (unpaired) electrons. The molecule has 43 heavy (non-hydrogen) atoms. The van der Waals surface area contributed by atoms with Gasteiger partial charge in [0.15, 0.2) is 18.1 Å². The summed E-state index contributed by atoms with van der Waals surface area (Å²) in [7, 11) is 1.45. The highest BCUT2D eigenvalue weighted by Gasteiger charge is 2.32. The van der Waals surface area contributed by atoms with Gasteiger partial charge in [0.1, 0.15) is 12.4 Å². The molecule has 3 amide bonds. The minimum absolute atomic E-state index is 0.188. The molecule has 0 spiro atoms. The number of carbonyl (C=O) groups excluding carboxylic acids is 3. The monoisotopic (exact) mass is 650 g/mol. The molecule has 224 valence electrons. The lowest BCUT2D eigenvalue weighted by Gasteiger charge is -2.28. The summed E-state index contributed by atoms with van der Waals surface area (Å²) in [6.45, 7) is 3.64. The van der Waals surface area contributed by atoms with Crippen molar-refractivity contribution in [1.82, 2.24) is 16.1 Å². The smallest absolute Gasteiger partial charge is 0.338 e. The first-order chi connectivity index (χ1) is 20.8. The predicted molar refractivity (Wildman–Crippen MR) is 163 cm³/mol. The standard InChI is InChI=1S/C31H31BrN4O7/c1-4-41-30(38)28-19(2)34-31(39)35-29(28)22-9-14-25(26(15-22)40-3)43-18-27(37)36-33-16-20-7-12-24(13-8-20)42-17-21-5-10-23(32)11-6-21/h5-16,29H,4,17-18H2,1-3H3,(H,36,37)(H2,34,35,39)/b33-16-/t29-/m0/s1. The van der Waals surface area contributed by atoms with Crippen molar-refractivity contribution in [3.63, 3.8) is 0 Å². The van der Waals surface area contributed by atoms with Crippen LogP contribution in [0.25, 0.3) is 0 Å². The number of urea groups is 1. The molecule has 0 aliphatic carbocycles. The van der Waals surface area contributed by atoms with E-state index in [-0.39, 0.29) is 18.8 Å². The van der Waals surface area contributed by atoms with E-state index >= 15 is 0 Å².